The standard InChI is InChI=1S/C16H20N2O4/c1-3-22-13-8-6-10-18-15(11(2)17-16(13)18)12(19)7-4-5-9-14(20)21/h6,8,10H,3-5,7,9H2,1-2H3,(H,20,21). The summed E-state index contributed by atoms with van der Waals surface area (Å²) in [6.45, 7) is 4.23. The van der Waals surface area contributed by atoms with Crippen LogP contribution < -0.4 is 4.74 Å². The Balaban J connectivity index is 2.20. The number of aliphatic carboxylic acids is 1. The molecule has 0 aromatic carbocycles. The number of fused-ring (bicyclic) bond motifs is 1. The van der Waals surface area contributed by atoms with E-state index in [-0.39, 0.29) is 12.2 Å². The first-order valence-corrected chi connectivity index (χ1v) is 7.40. The molecule has 0 saturated heterocycles. The number of nitrogens with zero attached hydrogens (tertiary/aromatic N) is 2. The third-order valence-electron chi connectivity index (χ3n) is 3.40. The molecule has 0 bridgehead atoms. The molecular weight excluding hydrogens is 284 g/mol. The van der Waals surface area contributed by atoms with Crippen molar-refractivity contribution in [2.24, 2.45) is 0 Å². The highest BCUT2D eigenvalue weighted by atomic mass is 16.5. The van der Waals surface area contributed by atoms with Crippen molar-refractivity contribution in [1.29, 1.82) is 0 Å². The van der Waals surface area contributed by atoms with Gasteiger partial charge < -0.3 is 9.84 Å². The van der Waals surface area contributed by atoms with Gasteiger partial charge in [-0.15, -0.1) is 0 Å². The van der Waals surface area contributed by atoms with Crippen LogP contribution in [-0.2, 0) is 4.79 Å². The first-order valence-electron chi connectivity index (χ1n) is 7.40. The van der Waals surface area contributed by atoms with Crippen LogP contribution in [0.4, 0.5) is 0 Å². The van der Waals surface area contributed by atoms with Crippen molar-refractivity contribution in [3.63, 3.8) is 0 Å². The zero-order chi connectivity index (χ0) is 16.1. The normalized spacial score (nSPS) is 10.8. The van der Waals surface area contributed by atoms with Crippen LogP contribution in [-0.4, -0.2) is 32.9 Å². The Kier molecular flexibility index (Phi) is 5.14. The molecule has 0 aliphatic rings. The lowest BCUT2D eigenvalue weighted by Crippen LogP contribution is -2.06. The summed E-state index contributed by atoms with van der Waals surface area (Å²) in [5.41, 5.74) is 1.85. The smallest absolute Gasteiger partial charge is 0.303 e. The third kappa shape index (κ3) is 3.44. The van der Waals surface area contributed by atoms with Crippen molar-refractivity contribution in [2.45, 2.75) is 39.5 Å². The topological polar surface area (TPSA) is 80.9 Å². The Morgan fingerprint density at radius 1 is 1.32 bits per heavy atom. The quantitative estimate of drug-likeness (QED) is 0.599. The van der Waals surface area contributed by atoms with E-state index in [4.69, 9.17) is 9.84 Å². The molecule has 6 nitrogen and oxygen atoms in total. The maximum atomic E-state index is 12.4. The molecule has 0 spiro atoms. The summed E-state index contributed by atoms with van der Waals surface area (Å²) in [5, 5.41) is 8.62. The molecule has 2 aromatic rings. The van der Waals surface area contributed by atoms with Gasteiger partial charge in [-0.1, -0.05) is 0 Å². The number of imidazole rings is 1. The Bertz CT molecular complexity index is 691. The van der Waals surface area contributed by atoms with Crippen molar-refractivity contribution in [3.8, 4) is 5.75 Å². The van der Waals surface area contributed by atoms with Crippen LogP contribution in [0.3, 0.4) is 0 Å². The summed E-state index contributed by atoms with van der Waals surface area (Å²) in [6.07, 6.45) is 3.26. The van der Waals surface area contributed by atoms with Gasteiger partial charge in [-0.2, -0.15) is 0 Å². The number of aromatic nitrogens is 2. The van der Waals surface area contributed by atoms with Gasteiger partial charge in [0.1, 0.15) is 5.69 Å². The zero-order valence-corrected chi connectivity index (χ0v) is 12.8. The molecule has 0 radical (unpaired) electrons. The maximum Gasteiger partial charge on any atom is 0.303 e. The van der Waals surface area contributed by atoms with Gasteiger partial charge in [-0.05, 0) is 38.8 Å². The van der Waals surface area contributed by atoms with E-state index in [2.05, 4.69) is 4.98 Å². The number of ether oxygens (including phenoxy) is 1. The molecule has 2 heterocycles. The SMILES string of the molecule is CCOc1cccn2c(C(=O)CCCCC(=O)O)c(C)nc12. The molecule has 0 amide bonds. The Hall–Kier alpha value is -2.37. The van der Waals surface area contributed by atoms with E-state index in [1.54, 1.807) is 17.5 Å². The fraction of sp³-hybridized carbons (Fsp3) is 0.438. The summed E-state index contributed by atoms with van der Waals surface area (Å²) in [5.74, 6) is -0.207. The highest BCUT2D eigenvalue weighted by Gasteiger charge is 2.18. The first-order chi connectivity index (χ1) is 10.5. The summed E-state index contributed by atoms with van der Waals surface area (Å²) < 4.78 is 7.28. The van der Waals surface area contributed by atoms with Gasteiger partial charge in [-0.25, -0.2) is 4.98 Å². The molecule has 1 N–H and O–H groups in total. The van der Waals surface area contributed by atoms with Crippen molar-refractivity contribution < 1.29 is 19.4 Å². The number of Topliss-reactive ketones (excluding diaryl/α,β-unsaturated/α-hetero) is 1. The molecular formula is C16H20N2O4. The van der Waals surface area contributed by atoms with E-state index in [1.165, 1.54) is 0 Å². The van der Waals surface area contributed by atoms with Gasteiger partial charge in [-0.3, -0.25) is 14.0 Å². The highest BCUT2D eigenvalue weighted by Crippen LogP contribution is 2.23. The van der Waals surface area contributed by atoms with Crippen LogP contribution in [0, 0.1) is 6.92 Å². The van der Waals surface area contributed by atoms with Crippen LogP contribution in [0.1, 0.15) is 48.8 Å². The van der Waals surface area contributed by atoms with Crippen LogP contribution in [0.15, 0.2) is 18.3 Å². The average molecular weight is 304 g/mol. The number of carboxylic acid groups (broad SMARTS) is 1. The number of carbonyl (C=O) groups is 2. The van der Waals surface area contributed by atoms with Crippen molar-refractivity contribution >= 4 is 17.4 Å². The monoisotopic (exact) mass is 304 g/mol. The van der Waals surface area contributed by atoms with E-state index in [0.717, 1.165) is 0 Å². The molecule has 0 aliphatic carbocycles. The number of aryl methyl sites for hydroxylation is 1. The minimum Gasteiger partial charge on any atom is -0.490 e. The predicted octanol–water partition coefficient (Wildman–Crippen LogP) is 2.87. The first kappa shape index (κ1) is 16.0. The molecule has 0 atom stereocenters. The van der Waals surface area contributed by atoms with E-state index >= 15 is 0 Å². The molecule has 118 valence electrons. The number of hydrogen-bond donors (Lipinski definition) is 1. The molecule has 0 saturated carbocycles. The van der Waals surface area contributed by atoms with E-state index in [9.17, 15) is 9.59 Å². The number of ketones is 1. The number of pyridine rings is 1. The van der Waals surface area contributed by atoms with Crippen LogP contribution >= 0.6 is 0 Å². The second-order valence-corrected chi connectivity index (χ2v) is 5.07. The maximum absolute atomic E-state index is 12.4. The Morgan fingerprint density at radius 2 is 2.05 bits per heavy atom. The molecule has 6 heteroatoms. The van der Waals surface area contributed by atoms with Gasteiger partial charge in [0.25, 0.3) is 0 Å². The number of unbranched alkanes of at least 4 members (excludes halogenated alkanes) is 1. The average Bonchev–Trinajstić information content (AvgIpc) is 2.81. The second kappa shape index (κ2) is 7.06. The van der Waals surface area contributed by atoms with Crippen molar-refractivity contribution in [3.05, 3.63) is 29.7 Å². The summed E-state index contributed by atoms with van der Waals surface area (Å²) in [7, 11) is 0. The lowest BCUT2D eigenvalue weighted by Gasteiger charge is -2.06. The van der Waals surface area contributed by atoms with E-state index in [0.29, 0.717) is 48.7 Å². The molecule has 0 unspecified atom stereocenters. The number of hydrogen-bond acceptors (Lipinski definition) is 4. The summed E-state index contributed by atoms with van der Waals surface area (Å²) in [6, 6.07) is 3.65. The van der Waals surface area contributed by atoms with Crippen LogP contribution in [0.25, 0.3) is 5.65 Å². The lowest BCUT2D eigenvalue weighted by molar-refractivity contribution is -0.137. The summed E-state index contributed by atoms with van der Waals surface area (Å²) in [4.78, 5) is 27.3. The van der Waals surface area contributed by atoms with Gasteiger partial charge in [0, 0.05) is 19.0 Å². The predicted molar refractivity (Wildman–Crippen MR) is 81.5 cm³/mol. The fourth-order valence-corrected chi connectivity index (χ4v) is 2.44. The van der Waals surface area contributed by atoms with Crippen LogP contribution in [0.2, 0.25) is 0 Å². The highest BCUT2D eigenvalue weighted by molar-refractivity contribution is 5.96. The number of rotatable bonds is 8. The van der Waals surface area contributed by atoms with Crippen molar-refractivity contribution in [1.82, 2.24) is 9.38 Å². The second-order valence-electron chi connectivity index (χ2n) is 5.07. The number of carboxylic acids is 1. The van der Waals surface area contributed by atoms with Crippen LogP contribution in [0.5, 0.6) is 5.75 Å². The van der Waals surface area contributed by atoms with Crippen molar-refractivity contribution in [2.75, 3.05) is 6.61 Å². The zero-order valence-electron chi connectivity index (χ0n) is 12.8. The minimum absolute atomic E-state index is 0.0240. The molecule has 0 fully saturated rings. The molecule has 0 aliphatic heterocycles. The minimum atomic E-state index is -0.834. The van der Waals surface area contributed by atoms with Gasteiger partial charge in [0.15, 0.2) is 17.2 Å². The molecule has 22 heavy (non-hydrogen) atoms. The van der Waals surface area contributed by atoms with Gasteiger partial charge in [0.05, 0.1) is 12.3 Å². The van der Waals surface area contributed by atoms with E-state index in [1.807, 2.05) is 19.1 Å². The Labute approximate surface area is 128 Å². The van der Waals surface area contributed by atoms with Gasteiger partial charge in [0.2, 0.25) is 0 Å². The third-order valence-corrected chi connectivity index (χ3v) is 3.40. The van der Waals surface area contributed by atoms with E-state index < -0.39 is 5.97 Å². The number of carbonyl (C=O) groups excluding carboxylic acids is 1. The van der Waals surface area contributed by atoms with Gasteiger partial charge >= 0.3 is 5.97 Å². The lowest BCUT2D eigenvalue weighted by atomic mass is 10.1. The largest absolute Gasteiger partial charge is 0.490 e. The fourth-order valence-electron chi connectivity index (χ4n) is 2.44. The summed E-state index contributed by atoms with van der Waals surface area (Å²) >= 11 is 0. The Morgan fingerprint density at radius 3 is 2.73 bits per heavy atom. The molecule has 2 aromatic heterocycles. The molecule has 2 rings (SSSR count).